The van der Waals surface area contributed by atoms with Crippen LogP contribution in [-0.4, -0.2) is 30.7 Å². The van der Waals surface area contributed by atoms with Gasteiger partial charge in [0.15, 0.2) is 5.13 Å². The fraction of sp³-hybridized carbons (Fsp3) is 0.227. The Morgan fingerprint density at radius 3 is 2.82 bits per heavy atom. The minimum Gasteiger partial charge on any atom is -0.497 e. The Kier molecular flexibility index (Phi) is 5.21. The number of nitrogens with one attached hydrogen (secondary N) is 2. The van der Waals surface area contributed by atoms with E-state index in [-0.39, 0.29) is 0 Å². The van der Waals surface area contributed by atoms with Gasteiger partial charge in [0.25, 0.3) is 0 Å². The van der Waals surface area contributed by atoms with E-state index in [0.29, 0.717) is 0 Å². The minimum atomic E-state index is 0.755. The number of anilines is 1. The summed E-state index contributed by atoms with van der Waals surface area (Å²) in [6.07, 6.45) is 3.03. The molecule has 2 heterocycles. The van der Waals surface area contributed by atoms with Crippen molar-refractivity contribution < 1.29 is 9.47 Å². The number of fused-ring (bicyclic) bond motifs is 1. The number of hydrogen-bond acceptors (Lipinski definition) is 5. The van der Waals surface area contributed by atoms with Crippen molar-refractivity contribution >= 4 is 27.4 Å². The number of ether oxygens (including phenoxy) is 2. The molecule has 5 nitrogen and oxygen atoms in total. The predicted molar refractivity (Wildman–Crippen MR) is 116 cm³/mol. The van der Waals surface area contributed by atoms with Crippen molar-refractivity contribution in [3.63, 3.8) is 0 Å². The number of thiazole rings is 1. The minimum absolute atomic E-state index is 0.755. The van der Waals surface area contributed by atoms with Crippen LogP contribution in [0.4, 0.5) is 5.13 Å². The van der Waals surface area contributed by atoms with E-state index in [1.165, 1.54) is 22.0 Å². The molecule has 0 amide bonds. The summed E-state index contributed by atoms with van der Waals surface area (Å²) in [5.41, 5.74) is 5.64. The second-order valence-corrected chi connectivity index (χ2v) is 7.50. The lowest BCUT2D eigenvalue weighted by molar-refractivity contribution is 0.395. The Hall–Kier alpha value is -2.99. The van der Waals surface area contributed by atoms with Gasteiger partial charge in [0.05, 0.1) is 19.9 Å². The zero-order valence-electron chi connectivity index (χ0n) is 16.2. The molecule has 2 aromatic carbocycles. The fourth-order valence-electron chi connectivity index (χ4n) is 3.29. The number of methoxy groups -OCH3 is 2. The highest BCUT2D eigenvalue weighted by Crippen LogP contribution is 2.34. The summed E-state index contributed by atoms with van der Waals surface area (Å²) >= 11 is 1.60. The quantitative estimate of drug-likeness (QED) is 0.449. The van der Waals surface area contributed by atoms with Crippen LogP contribution in [0.25, 0.3) is 22.2 Å². The van der Waals surface area contributed by atoms with Crippen molar-refractivity contribution in [2.75, 3.05) is 26.1 Å². The molecule has 0 radical (unpaired) electrons. The molecule has 0 unspecified atom stereocenters. The lowest BCUT2D eigenvalue weighted by Gasteiger charge is -2.08. The summed E-state index contributed by atoms with van der Waals surface area (Å²) in [6.45, 7) is 2.95. The van der Waals surface area contributed by atoms with Gasteiger partial charge in [-0.2, -0.15) is 0 Å². The third kappa shape index (κ3) is 3.68. The van der Waals surface area contributed by atoms with Gasteiger partial charge in [-0.15, -0.1) is 11.3 Å². The smallest absolute Gasteiger partial charge is 0.183 e. The average molecular weight is 394 g/mol. The number of rotatable bonds is 7. The largest absolute Gasteiger partial charge is 0.497 e. The number of aromatic amines is 1. The van der Waals surface area contributed by atoms with Crippen LogP contribution in [0.5, 0.6) is 11.5 Å². The number of benzene rings is 2. The van der Waals surface area contributed by atoms with Crippen LogP contribution in [0.2, 0.25) is 0 Å². The first kappa shape index (κ1) is 18.4. The van der Waals surface area contributed by atoms with Gasteiger partial charge >= 0.3 is 0 Å². The summed E-state index contributed by atoms with van der Waals surface area (Å²) in [7, 11) is 3.31. The first-order valence-corrected chi connectivity index (χ1v) is 10.0. The molecule has 2 aromatic heterocycles. The number of nitrogens with zero attached hydrogens (tertiary/aromatic N) is 1. The standard InChI is InChI=1S/C22H23N3O2S/c1-14-4-7-19-18(10-14)15(12-24-19)8-9-23-22-25-20(13-28-22)17-6-5-16(26-2)11-21(17)27-3/h4-7,10-13,24H,8-9H2,1-3H3,(H,23,25). The molecule has 0 aliphatic carbocycles. The summed E-state index contributed by atoms with van der Waals surface area (Å²) in [5.74, 6) is 1.52. The lowest BCUT2D eigenvalue weighted by Crippen LogP contribution is -2.04. The van der Waals surface area contributed by atoms with Crippen molar-refractivity contribution in [1.82, 2.24) is 9.97 Å². The van der Waals surface area contributed by atoms with E-state index in [0.717, 1.165) is 40.9 Å². The van der Waals surface area contributed by atoms with Gasteiger partial charge in [-0.25, -0.2) is 4.98 Å². The number of H-pyrrole nitrogens is 1. The Morgan fingerprint density at radius 1 is 1.11 bits per heavy atom. The summed E-state index contributed by atoms with van der Waals surface area (Å²) in [6, 6.07) is 12.3. The van der Waals surface area contributed by atoms with Gasteiger partial charge in [0.1, 0.15) is 11.5 Å². The molecule has 0 bridgehead atoms. The maximum Gasteiger partial charge on any atom is 0.183 e. The van der Waals surface area contributed by atoms with Gasteiger partial charge in [-0.3, -0.25) is 0 Å². The molecule has 0 spiro atoms. The highest BCUT2D eigenvalue weighted by atomic mass is 32.1. The van der Waals surface area contributed by atoms with Crippen LogP contribution in [0.1, 0.15) is 11.1 Å². The van der Waals surface area contributed by atoms with Crippen LogP contribution in [0, 0.1) is 6.92 Å². The molecular weight excluding hydrogens is 370 g/mol. The lowest BCUT2D eigenvalue weighted by atomic mass is 10.1. The van der Waals surface area contributed by atoms with Gasteiger partial charge in [0.2, 0.25) is 0 Å². The summed E-state index contributed by atoms with van der Waals surface area (Å²) in [4.78, 5) is 8.07. The first-order valence-electron chi connectivity index (χ1n) is 9.16. The second kappa shape index (κ2) is 7.94. The predicted octanol–water partition coefficient (Wildman–Crippen LogP) is 5.27. The van der Waals surface area contributed by atoms with Crippen molar-refractivity contribution in [3.05, 3.63) is 59.1 Å². The molecule has 4 rings (SSSR count). The summed E-state index contributed by atoms with van der Waals surface area (Å²) < 4.78 is 10.8. The third-order valence-electron chi connectivity index (χ3n) is 4.78. The molecule has 0 saturated heterocycles. The van der Waals surface area contributed by atoms with Crippen molar-refractivity contribution in [3.8, 4) is 22.8 Å². The average Bonchev–Trinajstić information content (AvgIpc) is 3.34. The number of aryl methyl sites for hydroxylation is 1. The molecule has 144 valence electrons. The van der Waals surface area contributed by atoms with E-state index in [1.54, 1.807) is 25.6 Å². The monoisotopic (exact) mass is 393 g/mol. The maximum atomic E-state index is 5.49. The van der Waals surface area contributed by atoms with Gasteiger partial charge < -0.3 is 19.8 Å². The SMILES string of the molecule is COc1ccc(-c2csc(NCCc3c[nH]c4ccc(C)cc34)n2)c(OC)c1. The highest BCUT2D eigenvalue weighted by molar-refractivity contribution is 7.14. The van der Waals surface area contributed by atoms with E-state index in [1.807, 2.05) is 23.6 Å². The van der Waals surface area contributed by atoms with Crippen LogP contribution in [-0.2, 0) is 6.42 Å². The maximum absolute atomic E-state index is 5.49. The van der Waals surface area contributed by atoms with E-state index < -0.39 is 0 Å². The van der Waals surface area contributed by atoms with E-state index in [4.69, 9.17) is 14.5 Å². The van der Waals surface area contributed by atoms with Crippen LogP contribution in [0.3, 0.4) is 0 Å². The molecule has 0 aliphatic heterocycles. The third-order valence-corrected chi connectivity index (χ3v) is 5.58. The fourth-order valence-corrected chi connectivity index (χ4v) is 4.03. The number of aromatic nitrogens is 2. The van der Waals surface area contributed by atoms with E-state index >= 15 is 0 Å². The molecule has 28 heavy (non-hydrogen) atoms. The topological polar surface area (TPSA) is 59.2 Å². The van der Waals surface area contributed by atoms with Crippen molar-refractivity contribution in [1.29, 1.82) is 0 Å². The zero-order valence-corrected chi connectivity index (χ0v) is 17.0. The van der Waals surface area contributed by atoms with E-state index in [2.05, 4.69) is 41.6 Å². The van der Waals surface area contributed by atoms with Crippen LogP contribution < -0.4 is 14.8 Å². The molecule has 4 aromatic rings. The van der Waals surface area contributed by atoms with Gasteiger partial charge in [-0.05, 0) is 43.2 Å². The zero-order chi connectivity index (χ0) is 19.5. The van der Waals surface area contributed by atoms with Crippen LogP contribution >= 0.6 is 11.3 Å². The number of hydrogen-bond donors (Lipinski definition) is 2. The van der Waals surface area contributed by atoms with Crippen LogP contribution in [0.15, 0.2) is 48.0 Å². The van der Waals surface area contributed by atoms with Gasteiger partial charge in [-0.1, -0.05) is 11.6 Å². The van der Waals surface area contributed by atoms with Crippen molar-refractivity contribution in [2.45, 2.75) is 13.3 Å². The highest BCUT2D eigenvalue weighted by Gasteiger charge is 2.11. The molecule has 0 saturated carbocycles. The first-order chi connectivity index (χ1) is 13.7. The Bertz CT molecular complexity index is 1100. The normalized spacial score (nSPS) is 11.0. The molecule has 0 atom stereocenters. The molecular formula is C22H23N3O2S. The van der Waals surface area contributed by atoms with E-state index in [9.17, 15) is 0 Å². The Balaban J connectivity index is 1.44. The van der Waals surface area contributed by atoms with Gasteiger partial charge in [0, 0.05) is 40.7 Å². The molecule has 6 heteroatoms. The Morgan fingerprint density at radius 2 is 2.00 bits per heavy atom. The molecule has 0 aliphatic rings. The molecule has 0 fully saturated rings. The molecule has 2 N–H and O–H groups in total. The van der Waals surface area contributed by atoms with Crippen molar-refractivity contribution in [2.24, 2.45) is 0 Å². The second-order valence-electron chi connectivity index (χ2n) is 6.64. The summed E-state index contributed by atoms with van der Waals surface area (Å²) in [5, 5.41) is 7.69. The Labute approximate surface area is 168 Å².